The molecule has 6 heteroatoms. The van der Waals surface area contributed by atoms with E-state index in [0.29, 0.717) is 12.1 Å². The van der Waals surface area contributed by atoms with Crippen LogP contribution in [-0.4, -0.2) is 29.1 Å². The van der Waals surface area contributed by atoms with Crippen molar-refractivity contribution < 1.29 is 9.50 Å². The number of hydrogen-bond donors (Lipinski definition) is 3. The number of nitrogens with two attached hydrogens (primary N) is 1. The molecule has 0 radical (unpaired) electrons. The van der Waals surface area contributed by atoms with Crippen LogP contribution in [0.15, 0.2) is 53.7 Å². The van der Waals surface area contributed by atoms with Gasteiger partial charge in [0.25, 0.3) is 0 Å². The quantitative estimate of drug-likeness (QED) is 0.556. The lowest BCUT2D eigenvalue weighted by Gasteiger charge is -2.09. The molecule has 4 N–H and O–H groups in total. The van der Waals surface area contributed by atoms with Crippen molar-refractivity contribution >= 4 is 5.96 Å². The zero-order valence-corrected chi connectivity index (χ0v) is 12.1. The molecule has 2 aromatic rings. The van der Waals surface area contributed by atoms with Crippen molar-refractivity contribution in [2.24, 2.45) is 10.7 Å². The van der Waals surface area contributed by atoms with Crippen LogP contribution in [0.25, 0.3) is 0 Å². The van der Waals surface area contributed by atoms with Gasteiger partial charge in [-0.05, 0) is 29.8 Å². The van der Waals surface area contributed by atoms with E-state index < -0.39 is 6.10 Å². The average Bonchev–Trinajstić information content (AvgIpc) is 2.54. The number of aliphatic imine (C=N–C) groups is 1. The van der Waals surface area contributed by atoms with Gasteiger partial charge in [-0.15, -0.1) is 0 Å². The third-order valence-corrected chi connectivity index (χ3v) is 3.10. The lowest BCUT2D eigenvalue weighted by Crippen LogP contribution is -2.33. The summed E-state index contributed by atoms with van der Waals surface area (Å²) in [5, 5.41) is 12.9. The summed E-state index contributed by atoms with van der Waals surface area (Å²) in [7, 11) is 0. The molecule has 22 heavy (non-hydrogen) atoms. The lowest BCUT2D eigenvalue weighted by molar-refractivity contribution is 0.187. The fourth-order valence-corrected chi connectivity index (χ4v) is 1.90. The molecule has 0 aliphatic heterocycles. The minimum absolute atomic E-state index is 0.119. The fraction of sp³-hybridized carbons (Fsp3) is 0.250. The highest BCUT2D eigenvalue weighted by atomic mass is 19.1. The van der Waals surface area contributed by atoms with Gasteiger partial charge in [0.1, 0.15) is 5.82 Å². The summed E-state index contributed by atoms with van der Waals surface area (Å²) in [4.78, 5) is 8.28. The molecular formula is C16H19FN4O. The van der Waals surface area contributed by atoms with Gasteiger partial charge in [0, 0.05) is 24.9 Å². The van der Waals surface area contributed by atoms with Crippen LogP contribution in [0, 0.1) is 5.82 Å². The number of aliphatic hydroxyl groups is 1. The molecule has 1 aromatic heterocycles. The fourth-order valence-electron chi connectivity index (χ4n) is 1.90. The summed E-state index contributed by atoms with van der Waals surface area (Å²) in [6.07, 6.45) is 1.67. The Kier molecular flexibility index (Phi) is 5.85. The second-order valence-corrected chi connectivity index (χ2v) is 4.79. The zero-order valence-electron chi connectivity index (χ0n) is 12.1. The number of pyridine rings is 1. The minimum Gasteiger partial charge on any atom is -0.386 e. The Morgan fingerprint density at radius 2 is 2.05 bits per heavy atom. The third-order valence-electron chi connectivity index (χ3n) is 3.10. The smallest absolute Gasteiger partial charge is 0.188 e. The summed E-state index contributed by atoms with van der Waals surface area (Å²) in [6, 6.07) is 11.4. The summed E-state index contributed by atoms with van der Waals surface area (Å²) in [6.45, 7) is 0.729. The van der Waals surface area contributed by atoms with Crippen LogP contribution in [0.2, 0.25) is 0 Å². The van der Waals surface area contributed by atoms with Gasteiger partial charge >= 0.3 is 0 Å². The zero-order chi connectivity index (χ0) is 15.8. The van der Waals surface area contributed by atoms with Gasteiger partial charge in [0.05, 0.1) is 12.6 Å². The van der Waals surface area contributed by atoms with Crippen molar-refractivity contribution in [2.45, 2.75) is 12.5 Å². The Bertz CT molecular complexity index is 601. The molecule has 0 bridgehead atoms. The molecule has 1 atom stereocenters. The molecule has 1 heterocycles. The number of hydrogen-bond acceptors (Lipinski definition) is 3. The first-order valence-corrected chi connectivity index (χ1v) is 7.02. The second-order valence-electron chi connectivity index (χ2n) is 4.79. The molecule has 1 aromatic carbocycles. The van der Waals surface area contributed by atoms with E-state index in [2.05, 4.69) is 15.3 Å². The molecule has 0 spiro atoms. The molecule has 0 fully saturated rings. The highest BCUT2D eigenvalue weighted by Crippen LogP contribution is 2.13. The van der Waals surface area contributed by atoms with E-state index in [1.54, 1.807) is 6.20 Å². The Morgan fingerprint density at radius 3 is 2.73 bits per heavy atom. The van der Waals surface area contributed by atoms with Crippen molar-refractivity contribution in [3.8, 4) is 0 Å². The van der Waals surface area contributed by atoms with E-state index in [4.69, 9.17) is 5.73 Å². The van der Waals surface area contributed by atoms with Gasteiger partial charge in [-0.2, -0.15) is 0 Å². The van der Waals surface area contributed by atoms with E-state index in [1.807, 2.05) is 18.2 Å². The molecule has 5 nitrogen and oxygen atoms in total. The van der Waals surface area contributed by atoms with E-state index in [0.717, 1.165) is 12.1 Å². The normalized spacial score (nSPS) is 12.9. The number of benzene rings is 1. The SMILES string of the molecule is NC(=NCC(O)c1ccc(F)cc1)NCCc1ccccn1. The van der Waals surface area contributed by atoms with Crippen LogP contribution < -0.4 is 11.1 Å². The van der Waals surface area contributed by atoms with Crippen LogP contribution in [-0.2, 0) is 6.42 Å². The van der Waals surface area contributed by atoms with E-state index >= 15 is 0 Å². The Hall–Kier alpha value is -2.47. The van der Waals surface area contributed by atoms with Crippen molar-refractivity contribution in [3.05, 3.63) is 65.7 Å². The highest BCUT2D eigenvalue weighted by Gasteiger charge is 2.06. The largest absolute Gasteiger partial charge is 0.386 e. The highest BCUT2D eigenvalue weighted by molar-refractivity contribution is 5.77. The van der Waals surface area contributed by atoms with Gasteiger partial charge in [-0.1, -0.05) is 18.2 Å². The van der Waals surface area contributed by atoms with E-state index in [1.165, 1.54) is 24.3 Å². The van der Waals surface area contributed by atoms with Gasteiger partial charge in [0.15, 0.2) is 5.96 Å². The maximum atomic E-state index is 12.8. The van der Waals surface area contributed by atoms with Gasteiger partial charge in [0.2, 0.25) is 0 Å². The van der Waals surface area contributed by atoms with Crippen molar-refractivity contribution in [1.29, 1.82) is 0 Å². The van der Waals surface area contributed by atoms with Crippen LogP contribution >= 0.6 is 0 Å². The number of halogens is 1. The molecule has 116 valence electrons. The predicted octanol–water partition coefficient (Wildman–Crippen LogP) is 1.40. The summed E-state index contributed by atoms with van der Waals surface area (Å²) < 4.78 is 12.8. The molecule has 1 unspecified atom stereocenters. The van der Waals surface area contributed by atoms with Gasteiger partial charge in [-0.3, -0.25) is 9.98 Å². The van der Waals surface area contributed by atoms with Crippen molar-refractivity contribution in [3.63, 3.8) is 0 Å². The molecule has 0 aliphatic carbocycles. The van der Waals surface area contributed by atoms with Gasteiger partial charge in [-0.25, -0.2) is 4.39 Å². The molecule has 0 aliphatic rings. The van der Waals surface area contributed by atoms with Crippen LogP contribution in [0.5, 0.6) is 0 Å². The number of aromatic nitrogens is 1. The molecule has 0 amide bonds. The first-order chi connectivity index (χ1) is 10.6. The first-order valence-electron chi connectivity index (χ1n) is 7.02. The molecule has 0 saturated carbocycles. The lowest BCUT2D eigenvalue weighted by atomic mass is 10.1. The number of nitrogens with zero attached hydrogens (tertiary/aromatic N) is 2. The number of rotatable bonds is 6. The second kappa shape index (κ2) is 8.09. The Balaban J connectivity index is 1.76. The van der Waals surface area contributed by atoms with Crippen molar-refractivity contribution in [1.82, 2.24) is 10.3 Å². The van der Waals surface area contributed by atoms with Crippen LogP contribution in [0.1, 0.15) is 17.4 Å². The van der Waals surface area contributed by atoms with E-state index in [9.17, 15) is 9.50 Å². The summed E-state index contributed by atoms with van der Waals surface area (Å²) in [5.74, 6) is -0.0766. The first kappa shape index (κ1) is 15.9. The maximum absolute atomic E-state index is 12.8. The van der Waals surface area contributed by atoms with Crippen LogP contribution in [0.3, 0.4) is 0 Å². The average molecular weight is 302 g/mol. The third kappa shape index (κ3) is 5.14. The van der Waals surface area contributed by atoms with Crippen LogP contribution in [0.4, 0.5) is 4.39 Å². The predicted molar refractivity (Wildman–Crippen MR) is 83.8 cm³/mol. The van der Waals surface area contributed by atoms with Crippen molar-refractivity contribution in [2.75, 3.05) is 13.1 Å². The topological polar surface area (TPSA) is 83.5 Å². The number of nitrogens with one attached hydrogen (secondary N) is 1. The van der Waals surface area contributed by atoms with Gasteiger partial charge < -0.3 is 16.2 Å². The summed E-state index contributed by atoms with van der Waals surface area (Å²) >= 11 is 0. The summed E-state index contributed by atoms with van der Waals surface area (Å²) in [5.41, 5.74) is 7.31. The Morgan fingerprint density at radius 1 is 1.27 bits per heavy atom. The standard InChI is InChI=1S/C16H19FN4O/c17-13-6-4-12(5-7-13)15(22)11-21-16(18)20-10-8-14-3-1-2-9-19-14/h1-7,9,15,22H,8,10-11H2,(H3,18,20,21). The molecule has 2 rings (SSSR count). The molecule has 0 saturated heterocycles. The molecular weight excluding hydrogens is 283 g/mol. The van der Waals surface area contributed by atoms with E-state index in [-0.39, 0.29) is 18.3 Å². The number of guanidine groups is 1. The Labute approximate surface area is 128 Å². The maximum Gasteiger partial charge on any atom is 0.188 e. The minimum atomic E-state index is -0.809. The monoisotopic (exact) mass is 302 g/mol. The number of aliphatic hydroxyl groups excluding tert-OH is 1.